The van der Waals surface area contributed by atoms with Gasteiger partial charge in [-0.1, -0.05) is 20.8 Å². The zero-order valence-corrected chi connectivity index (χ0v) is 12.5. The molecule has 1 amide bonds. The Morgan fingerprint density at radius 2 is 1.73 bits per heavy atom. The predicted molar refractivity (Wildman–Crippen MR) is 70.7 cm³/mol. The minimum atomic E-state index is -0.280. The summed E-state index contributed by atoms with van der Waals surface area (Å²) in [5, 5.41) is 8.92. The van der Waals surface area contributed by atoms with Gasteiger partial charge >= 0.3 is 0 Å². The summed E-state index contributed by atoms with van der Waals surface area (Å²) in [6.45, 7) is 10.2. The highest BCUT2D eigenvalue weighted by atomic mass is 127. The van der Waals surface area contributed by atoms with E-state index in [2.05, 4.69) is 20.8 Å². The van der Waals surface area contributed by atoms with Gasteiger partial charge in [-0.3, -0.25) is 7.91 Å². The van der Waals surface area contributed by atoms with Crippen LogP contribution in [0, 0.1) is 5.41 Å². The Hall–Kier alpha value is 0.160. The molecule has 4 heteroatoms. The predicted octanol–water partition coefficient (Wildman–Crippen LogP) is 2.76. The van der Waals surface area contributed by atoms with E-state index in [0.29, 0.717) is 12.8 Å². The first-order valence-corrected chi connectivity index (χ1v) is 6.16. The molecule has 0 atom stereocenters. The number of nitrogens with zero attached hydrogens (tertiary/aromatic N) is 1. The van der Waals surface area contributed by atoms with E-state index >= 15 is 0 Å². The van der Waals surface area contributed by atoms with Crippen molar-refractivity contribution in [3.8, 4) is 0 Å². The standard InChI is InChI=1S/C11H22INO2/c1-10(2,3)8-9(15)13(12)11(4,5)6-7-14/h14H,6-8H2,1-5H3. The highest BCUT2D eigenvalue weighted by Crippen LogP contribution is 2.28. The van der Waals surface area contributed by atoms with Crippen LogP contribution in [0.1, 0.15) is 47.5 Å². The van der Waals surface area contributed by atoms with Gasteiger partial charge in [0.05, 0.1) is 22.9 Å². The van der Waals surface area contributed by atoms with E-state index in [0.717, 1.165) is 0 Å². The average Bonchev–Trinajstić information content (AvgIpc) is 1.99. The topological polar surface area (TPSA) is 40.5 Å². The highest BCUT2D eigenvalue weighted by molar-refractivity contribution is 14.1. The van der Waals surface area contributed by atoms with Crippen molar-refractivity contribution in [3.05, 3.63) is 0 Å². The fourth-order valence-corrected chi connectivity index (χ4v) is 1.64. The van der Waals surface area contributed by atoms with Crippen LogP contribution in [0.2, 0.25) is 0 Å². The summed E-state index contributed by atoms with van der Waals surface area (Å²) in [7, 11) is 0. The SMILES string of the molecule is CC(C)(C)CC(=O)N(I)C(C)(C)CCO. The van der Waals surface area contributed by atoms with Gasteiger partial charge in [-0.2, -0.15) is 0 Å². The number of rotatable bonds is 4. The van der Waals surface area contributed by atoms with Gasteiger partial charge in [0, 0.05) is 18.6 Å². The van der Waals surface area contributed by atoms with Gasteiger partial charge in [-0.15, -0.1) is 0 Å². The molecule has 0 aliphatic carbocycles. The van der Waals surface area contributed by atoms with Crippen LogP contribution in [0.25, 0.3) is 0 Å². The normalized spacial score (nSPS) is 12.7. The van der Waals surface area contributed by atoms with E-state index in [4.69, 9.17) is 5.11 Å². The van der Waals surface area contributed by atoms with Gasteiger partial charge in [0.2, 0.25) is 5.91 Å². The summed E-state index contributed by atoms with van der Waals surface area (Å²) in [5.74, 6) is 0.126. The molecule has 0 saturated heterocycles. The van der Waals surface area contributed by atoms with Crippen LogP contribution in [0.3, 0.4) is 0 Å². The summed E-state index contributed by atoms with van der Waals surface area (Å²) in [4.78, 5) is 11.9. The van der Waals surface area contributed by atoms with Crippen LogP contribution in [-0.4, -0.2) is 26.3 Å². The van der Waals surface area contributed by atoms with Gasteiger partial charge in [-0.05, 0) is 25.7 Å². The van der Waals surface area contributed by atoms with Gasteiger partial charge in [-0.25, -0.2) is 0 Å². The monoisotopic (exact) mass is 327 g/mol. The van der Waals surface area contributed by atoms with Gasteiger partial charge in [0.25, 0.3) is 0 Å². The van der Waals surface area contributed by atoms with E-state index in [-0.39, 0.29) is 23.5 Å². The third kappa shape index (κ3) is 5.70. The second-order valence-electron chi connectivity index (χ2n) is 5.70. The van der Waals surface area contributed by atoms with Crippen LogP contribution < -0.4 is 0 Å². The lowest BCUT2D eigenvalue weighted by atomic mass is 9.91. The van der Waals surface area contributed by atoms with Gasteiger partial charge in [0.15, 0.2) is 0 Å². The molecule has 0 aliphatic heterocycles. The molecule has 0 aromatic carbocycles. The minimum absolute atomic E-state index is 0.00972. The maximum atomic E-state index is 11.9. The third-order valence-corrected chi connectivity index (χ3v) is 4.00. The summed E-state index contributed by atoms with van der Waals surface area (Å²) in [6, 6.07) is 0. The molecule has 90 valence electrons. The molecule has 0 unspecified atom stereocenters. The van der Waals surface area contributed by atoms with Crippen molar-refractivity contribution in [1.82, 2.24) is 3.11 Å². The first-order chi connectivity index (χ1) is 6.60. The Morgan fingerprint density at radius 1 is 1.27 bits per heavy atom. The zero-order valence-electron chi connectivity index (χ0n) is 10.3. The lowest BCUT2D eigenvalue weighted by molar-refractivity contribution is -0.130. The zero-order chi connectivity index (χ0) is 12.3. The molecule has 0 radical (unpaired) electrons. The maximum absolute atomic E-state index is 11.9. The quantitative estimate of drug-likeness (QED) is 0.637. The van der Waals surface area contributed by atoms with Crippen LogP contribution in [0.5, 0.6) is 0 Å². The van der Waals surface area contributed by atoms with Crippen LogP contribution in [0.4, 0.5) is 0 Å². The molecule has 0 aliphatic rings. The molecule has 0 saturated carbocycles. The number of amides is 1. The molecule has 0 aromatic heterocycles. The molecule has 0 rings (SSSR count). The molecule has 3 nitrogen and oxygen atoms in total. The second-order valence-corrected chi connectivity index (χ2v) is 6.66. The van der Waals surface area contributed by atoms with Gasteiger partial charge in [0.1, 0.15) is 0 Å². The van der Waals surface area contributed by atoms with Crippen molar-refractivity contribution in [3.63, 3.8) is 0 Å². The number of hydrogen-bond donors (Lipinski definition) is 1. The Morgan fingerprint density at radius 3 is 2.07 bits per heavy atom. The Balaban J connectivity index is 4.44. The number of hydrogen-bond acceptors (Lipinski definition) is 2. The Labute approximate surface area is 107 Å². The first-order valence-electron chi connectivity index (χ1n) is 5.20. The molecule has 15 heavy (non-hydrogen) atoms. The van der Waals surface area contributed by atoms with Crippen molar-refractivity contribution >= 4 is 28.8 Å². The van der Waals surface area contributed by atoms with Crippen LogP contribution in [0.15, 0.2) is 0 Å². The van der Waals surface area contributed by atoms with E-state index < -0.39 is 0 Å². The molecule has 0 fully saturated rings. The molecular formula is C11H22INO2. The smallest absolute Gasteiger partial charge is 0.232 e. The highest BCUT2D eigenvalue weighted by Gasteiger charge is 2.30. The van der Waals surface area contributed by atoms with Crippen LogP contribution >= 0.6 is 22.9 Å². The fraction of sp³-hybridized carbons (Fsp3) is 0.909. The van der Waals surface area contributed by atoms with Crippen molar-refractivity contribution in [2.45, 2.75) is 53.0 Å². The Bertz CT molecular complexity index is 221. The molecule has 1 N–H and O–H groups in total. The van der Waals surface area contributed by atoms with Crippen molar-refractivity contribution in [1.29, 1.82) is 0 Å². The number of halogens is 1. The molecule has 0 spiro atoms. The molecular weight excluding hydrogens is 305 g/mol. The number of carbonyl (C=O) groups excluding carboxylic acids is 1. The Kier molecular flexibility index (Phi) is 5.54. The second kappa shape index (κ2) is 5.48. The average molecular weight is 327 g/mol. The van der Waals surface area contributed by atoms with Crippen molar-refractivity contribution in [2.24, 2.45) is 5.41 Å². The molecule has 0 heterocycles. The number of carbonyl (C=O) groups is 1. The lowest BCUT2D eigenvalue weighted by Gasteiger charge is -2.34. The lowest BCUT2D eigenvalue weighted by Crippen LogP contribution is -2.42. The van der Waals surface area contributed by atoms with Gasteiger partial charge < -0.3 is 5.11 Å². The van der Waals surface area contributed by atoms with Crippen LogP contribution in [-0.2, 0) is 4.79 Å². The summed E-state index contributed by atoms with van der Waals surface area (Å²) in [5.41, 5.74) is -0.270. The summed E-state index contributed by atoms with van der Waals surface area (Å²) in [6.07, 6.45) is 1.14. The van der Waals surface area contributed by atoms with E-state index in [1.807, 2.05) is 36.7 Å². The van der Waals surface area contributed by atoms with E-state index in [9.17, 15) is 4.79 Å². The van der Waals surface area contributed by atoms with E-state index in [1.54, 1.807) is 3.11 Å². The maximum Gasteiger partial charge on any atom is 0.232 e. The molecule has 0 aromatic rings. The third-order valence-electron chi connectivity index (χ3n) is 2.16. The van der Waals surface area contributed by atoms with Crippen molar-refractivity contribution < 1.29 is 9.90 Å². The number of aliphatic hydroxyl groups excluding tert-OH is 1. The minimum Gasteiger partial charge on any atom is -0.396 e. The molecule has 0 bridgehead atoms. The first kappa shape index (κ1) is 15.2. The largest absolute Gasteiger partial charge is 0.396 e. The van der Waals surface area contributed by atoms with Crippen molar-refractivity contribution in [2.75, 3.05) is 6.61 Å². The van der Waals surface area contributed by atoms with E-state index in [1.165, 1.54) is 0 Å². The number of aliphatic hydroxyl groups is 1. The summed E-state index contributed by atoms with van der Waals surface area (Å²) < 4.78 is 1.71. The fourth-order valence-electron chi connectivity index (χ4n) is 1.23. The summed E-state index contributed by atoms with van der Waals surface area (Å²) >= 11 is 2.05.